The quantitative estimate of drug-likeness (QED) is 0.786. The van der Waals surface area contributed by atoms with Gasteiger partial charge in [-0.2, -0.15) is 9.57 Å². The van der Waals surface area contributed by atoms with Gasteiger partial charge in [-0.1, -0.05) is 32.0 Å². The third kappa shape index (κ3) is 3.84. The molecule has 1 aromatic heterocycles. The van der Waals surface area contributed by atoms with Crippen molar-refractivity contribution in [1.82, 2.24) is 9.21 Å². The van der Waals surface area contributed by atoms with Crippen molar-refractivity contribution in [3.8, 4) is 6.07 Å². The topological polar surface area (TPSA) is 64.4 Å². The molecule has 0 aliphatic carbocycles. The number of benzene rings is 1. The van der Waals surface area contributed by atoms with Gasteiger partial charge in [0.1, 0.15) is 6.04 Å². The van der Waals surface area contributed by atoms with Crippen LogP contribution in [0.2, 0.25) is 0 Å². The highest BCUT2D eigenvalue weighted by molar-refractivity contribution is 7.89. The zero-order valence-electron chi connectivity index (χ0n) is 15.0. The lowest BCUT2D eigenvalue weighted by Gasteiger charge is -2.35. The van der Waals surface area contributed by atoms with E-state index in [2.05, 4.69) is 24.8 Å². The van der Waals surface area contributed by atoms with E-state index < -0.39 is 10.0 Å². The van der Waals surface area contributed by atoms with Gasteiger partial charge >= 0.3 is 0 Å². The Morgan fingerprint density at radius 1 is 1.08 bits per heavy atom. The van der Waals surface area contributed by atoms with Gasteiger partial charge in [-0.05, 0) is 35.1 Å². The summed E-state index contributed by atoms with van der Waals surface area (Å²) in [6, 6.07) is 13.1. The average Bonchev–Trinajstić information content (AvgIpc) is 3.17. The fourth-order valence-electron chi connectivity index (χ4n) is 3.15. The van der Waals surface area contributed by atoms with Crippen LogP contribution in [0.3, 0.4) is 0 Å². The van der Waals surface area contributed by atoms with E-state index in [9.17, 15) is 13.7 Å². The van der Waals surface area contributed by atoms with Crippen LogP contribution in [0.1, 0.15) is 36.2 Å². The molecule has 5 nitrogen and oxygen atoms in total. The summed E-state index contributed by atoms with van der Waals surface area (Å²) < 4.78 is 27.3. The summed E-state index contributed by atoms with van der Waals surface area (Å²) in [5, 5.41) is 11.5. The van der Waals surface area contributed by atoms with Crippen molar-refractivity contribution in [3.05, 3.63) is 52.2 Å². The first-order valence-electron chi connectivity index (χ1n) is 8.70. The van der Waals surface area contributed by atoms with E-state index in [0.29, 0.717) is 37.0 Å². The van der Waals surface area contributed by atoms with Crippen LogP contribution in [0.5, 0.6) is 0 Å². The SMILES string of the molecule is CC(C)c1ccc(S(=O)(=O)N2CCN(C(C#N)c3cccs3)CC2)cc1. The zero-order valence-corrected chi connectivity index (χ0v) is 16.6. The first-order valence-corrected chi connectivity index (χ1v) is 11.0. The number of nitriles is 1. The number of nitrogens with zero attached hydrogens (tertiary/aromatic N) is 3. The van der Waals surface area contributed by atoms with Gasteiger partial charge in [0, 0.05) is 31.1 Å². The number of piperazine rings is 1. The standard InChI is InChI=1S/C19H23N3O2S2/c1-15(2)16-5-7-17(8-6-16)26(23,24)22-11-9-21(10-12-22)18(14-20)19-4-3-13-25-19/h3-8,13,15,18H,9-12H2,1-2H3. The Kier molecular flexibility index (Phi) is 5.78. The predicted molar refractivity (Wildman–Crippen MR) is 104 cm³/mol. The molecule has 0 spiro atoms. The summed E-state index contributed by atoms with van der Waals surface area (Å²) in [6.45, 7) is 6.08. The lowest BCUT2D eigenvalue weighted by Crippen LogP contribution is -2.49. The van der Waals surface area contributed by atoms with Crippen molar-refractivity contribution in [3.63, 3.8) is 0 Å². The number of hydrogen-bond donors (Lipinski definition) is 0. The Balaban J connectivity index is 1.69. The van der Waals surface area contributed by atoms with Crippen LogP contribution in [0.25, 0.3) is 0 Å². The second-order valence-corrected chi connectivity index (χ2v) is 9.63. The maximum absolute atomic E-state index is 12.9. The van der Waals surface area contributed by atoms with Crippen LogP contribution in [-0.4, -0.2) is 43.8 Å². The van der Waals surface area contributed by atoms with Gasteiger partial charge < -0.3 is 0 Å². The highest BCUT2D eigenvalue weighted by Gasteiger charge is 2.31. The third-order valence-corrected chi connectivity index (χ3v) is 7.60. The molecule has 1 fully saturated rings. The normalized spacial score (nSPS) is 17.9. The van der Waals surface area contributed by atoms with Crippen LogP contribution in [0.4, 0.5) is 0 Å². The molecule has 1 saturated heterocycles. The third-order valence-electron chi connectivity index (χ3n) is 4.76. The molecular weight excluding hydrogens is 366 g/mol. The van der Waals surface area contributed by atoms with Crippen LogP contribution in [0, 0.1) is 11.3 Å². The molecule has 1 aliphatic heterocycles. The molecule has 2 heterocycles. The highest BCUT2D eigenvalue weighted by atomic mass is 32.2. The van der Waals surface area contributed by atoms with Crippen molar-refractivity contribution < 1.29 is 8.42 Å². The highest BCUT2D eigenvalue weighted by Crippen LogP contribution is 2.27. The molecule has 1 atom stereocenters. The molecule has 26 heavy (non-hydrogen) atoms. The fourth-order valence-corrected chi connectivity index (χ4v) is 5.37. The molecule has 2 aromatic rings. The molecule has 1 unspecified atom stereocenters. The monoisotopic (exact) mass is 389 g/mol. The van der Waals surface area contributed by atoms with Gasteiger partial charge in [0.15, 0.2) is 0 Å². The first kappa shape index (κ1) is 19.1. The molecule has 0 N–H and O–H groups in total. The van der Waals surface area contributed by atoms with Gasteiger partial charge in [0.25, 0.3) is 0 Å². The zero-order chi connectivity index (χ0) is 18.7. The Morgan fingerprint density at radius 2 is 1.73 bits per heavy atom. The summed E-state index contributed by atoms with van der Waals surface area (Å²) in [5.74, 6) is 0.371. The van der Waals surface area contributed by atoms with Gasteiger partial charge in [0.2, 0.25) is 10.0 Å². The minimum absolute atomic E-state index is 0.301. The molecule has 1 aromatic carbocycles. The van der Waals surface area contributed by atoms with E-state index in [-0.39, 0.29) is 6.04 Å². The van der Waals surface area contributed by atoms with Crippen LogP contribution in [0.15, 0.2) is 46.7 Å². The fraction of sp³-hybridized carbons (Fsp3) is 0.421. The first-order chi connectivity index (χ1) is 12.4. The number of sulfonamides is 1. The Morgan fingerprint density at radius 3 is 2.23 bits per heavy atom. The van der Waals surface area contributed by atoms with Crippen LogP contribution in [-0.2, 0) is 10.0 Å². The van der Waals surface area contributed by atoms with E-state index in [1.165, 1.54) is 4.31 Å². The van der Waals surface area contributed by atoms with E-state index in [0.717, 1.165) is 10.4 Å². The maximum atomic E-state index is 12.9. The van der Waals surface area contributed by atoms with Gasteiger partial charge in [-0.25, -0.2) is 8.42 Å². The summed E-state index contributed by atoms with van der Waals surface area (Å²) in [5.41, 5.74) is 1.13. The van der Waals surface area contributed by atoms with Gasteiger partial charge in [-0.3, -0.25) is 4.90 Å². The van der Waals surface area contributed by atoms with Gasteiger partial charge in [0.05, 0.1) is 11.0 Å². The van der Waals surface area contributed by atoms with Gasteiger partial charge in [-0.15, -0.1) is 11.3 Å². The van der Waals surface area contributed by atoms with E-state index in [1.807, 2.05) is 29.6 Å². The predicted octanol–water partition coefficient (Wildman–Crippen LogP) is 3.44. The molecule has 0 saturated carbocycles. The molecule has 138 valence electrons. The van der Waals surface area contributed by atoms with Crippen LogP contribution < -0.4 is 0 Å². The average molecular weight is 390 g/mol. The minimum Gasteiger partial charge on any atom is -0.281 e. The second-order valence-electron chi connectivity index (χ2n) is 6.71. The summed E-state index contributed by atoms with van der Waals surface area (Å²) in [4.78, 5) is 3.40. The largest absolute Gasteiger partial charge is 0.281 e. The lowest BCUT2D eigenvalue weighted by molar-refractivity contribution is 0.164. The summed E-state index contributed by atoms with van der Waals surface area (Å²) in [7, 11) is -3.49. The number of rotatable bonds is 5. The second kappa shape index (κ2) is 7.89. The molecular formula is C19H23N3O2S2. The molecule has 1 aliphatic rings. The Labute approximate surface area is 159 Å². The van der Waals surface area contributed by atoms with E-state index in [4.69, 9.17) is 0 Å². The molecule has 0 bridgehead atoms. The lowest BCUT2D eigenvalue weighted by atomic mass is 10.0. The molecule has 0 radical (unpaired) electrons. The number of thiophene rings is 1. The summed E-state index contributed by atoms with van der Waals surface area (Å²) in [6.07, 6.45) is 0. The Bertz CT molecular complexity index is 861. The van der Waals surface area contributed by atoms with E-state index >= 15 is 0 Å². The Hall–Kier alpha value is -1.72. The maximum Gasteiger partial charge on any atom is 0.243 e. The number of hydrogen-bond acceptors (Lipinski definition) is 5. The smallest absolute Gasteiger partial charge is 0.243 e. The van der Waals surface area contributed by atoms with Crippen molar-refractivity contribution >= 4 is 21.4 Å². The van der Waals surface area contributed by atoms with Crippen LogP contribution >= 0.6 is 11.3 Å². The van der Waals surface area contributed by atoms with Crippen molar-refractivity contribution in [2.45, 2.75) is 30.7 Å². The van der Waals surface area contributed by atoms with E-state index in [1.54, 1.807) is 23.5 Å². The van der Waals surface area contributed by atoms with Crippen molar-refractivity contribution in [2.24, 2.45) is 0 Å². The van der Waals surface area contributed by atoms with Crippen molar-refractivity contribution in [2.75, 3.05) is 26.2 Å². The molecule has 7 heteroatoms. The molecule has 0 amide bonds. The van der Waals surface area contributed by atoms with Crippen molar-refractivity contribution in [1.29, 1.82) is 5.26 Å². The molecule has 3 rings (SSSR count). The summed E-state index contributed by atoms with van der Waals surface area (Å²) >= 11 is 1.56. The minimum atomic E-state index is -3.49.